The van der Waals surface area contributed by atoms with Gasteiger partial charge >= 0.3 is 0 Å². The van der Waals surface area contributed by atoms with Gasteiger partial charge in [-0.05, 0) is 19.4 Å². The van der Waals surface area contributed by atoms with Gasteiger partial charge in [-0.15, -0.1) is 11.3 Å². The van der Waals surface area contributed by atoms with Gasteiger partial charge in [0.05, 0.1) is 11.9 Å². The van der Waals surface area contributed by atoms with Crippen molar-refractivity contribution in [2.45, 2.75) is 33.7 Å². The van der Waals surface area contributed by atoms with Crippen molar-refractivity contribution in [1.82, 2.24) is 19.5 Å². The molecule has 0 spiro atoms. The van der Waals surface area contributed by atoms with Crippen LogP contribution < -0.4 is 5.73 Å². The molecule has 3 heterocycles. The number of nitrogen functional groups attached to an aromatic ring is 1. The van der Waals surface area contributed by atoms with E-state index in [1.807, 2.05) is 6.20 Å². The van der Waals surface area contributed by atoms with Crippen LogP contribution in [0.4, 0.5) is 5.82 Å². The molecule has 3 rings (SSSR count). The molecular weight excluding hydrogens is 270 g/mol. The first-order valence-electron chi connectivity index (χ1n) is 6.62. The van der Waals surface area contributed by atoms with Gasteiger partial charge in [0.25, 0.3) is 0 Å². The van der Waals surface area contributed by atoms with E-state index in [2.05, 4.69) is 40.3 Å². The van der Waals surface area contributed by atoms with Crippen LogP contribution in [-0.4, -0.2) is 19.5 Å². The van der Waals surface area contributed by atoms with Gasteiger partial charge in [0, 0.05) is 23.7 Å². The molecule has 0 aliphatic carbocycles. The van der Waals surface area contributed by atoms with Crippen molar-refractivity contribution in [2.75, 3.05) is 5.73 Å². The van der Waals surface area contributed by atoms with Gasteiger partial charge in [0.1, 0.15) is 16.5 Å². The van der Waals surface area contributed by atoms with E-state index >= 15 is 0 Å². The smallest absolute Gasteiger partial charge is 0.152 e. The monoisotopic (exact) mass is 287 g/mol. The molecule has 0 unspecified atom stereocenters. The Balaban J connectivity index is 2.05. The highest BCUT2D eigenvalue weighted by Gasteiger charge is 2.13. The first kappa shape index (κ1) is 13.1. The minimum atomic E-state index is 0.574. The second kappa shape index (κ2) is 4.86. The zero-order chi connectivity index (χ0) is 14.3. The number of thiophene rings is 1. The zero-order valence-corrected chi connectivity index (χ0v) is 12.7. The van der Waals surface area contributed by atoms with E-state index in [0.717, 1.165) is 28.3 Å². The highest BCUT2D eigenvalue weighted by atomic mass is 32.1. The third-order valence-electron chi connectivity index (χ3n) is 3.53. The minimum Gasteiger partial charge on any atom is -0.383 e. The maximum Gasteiger partial charge on any atom is 0.152 e. The van der Waals surface area contributed by atoms with Gasteiger partial charge in [0.2, 0.25) is 0 Å². The Morgan fingerprint density at radius 3 is 2.85 bits per heavy atom. The van der Waals surface area contributed by atoms with Gasteiger partial charge in [-0.1, -0.05) is 6.92 Å². The molecule has 0 atom stereocenters. The van der Waals surface area contributed by atoms with Crippen LogP contribution in [0.5, 0.6) is 0 Å². The number of rotatable bonds is 3. The number of aryl methyl sites for hydroxylation is 3. The molecule has 104 valence electrons. The predicted molar refractivity (Wildman–Crippen MR) is 82.0 cm³/mol. The SMILES string of the molecule is CCc1nccn1Cc1nc(N)c2c(C)c(C)sc2n1. The molecule has 3 aromatic heterocycles. The Labute approximate surface area is 121 Å². The summed E-state index contributed by atoms with van der Waals surface area (Å²) in [6.07, 6.45) is 4.65. The molecule has 0 aliphatic rings. The van der Waals surface area contributed by atoms with Crippen molar-refractivity contribution in [1.29, 1.82) is 0 Å². The normalized spacial score (nSPS) is 11.3. The number of hydrogen-bond donors (Lipinski definition) is 1. The maximum absolute atomic E-state index is 6.10. The molecule has 20 heavy (non-hydrogen) atoms. The highest BCUT2D eigenvalue weighted by Crippen LogP contribution is 2.31. The van der Waals surface area contributed by atoms with Crippen molar-refractivity contribution in [3.63, 3.8) is 0 Å². The minimum absolute atomic E-state index is 0.574. The molecule has 0 radical (unpaired) electrons. The summed E-state index contributed by atoms with van der Waals surface area (Å²) in [4.78, 5) is 15.6. The van der Waals surface area contributed by atoms with E-state index in [4.69, 9.17) is 5.73 Å². The molecule has 0 saturated carbocycles. The van der Waals surface area contributed by atoms with Crippen molar-refractivity contribution >= 4 is 27.4 Å². The van der Waals surface area contributed by atoms with Crippen LogP contribution >= 0.6 is 11.3 Å². The van der Waals surface area contributed by atoms with Gasteiger partial charge in [0.15, 0.2) is 5.82 Å². The average molecular weight is 287 g/mol. The van der Waals surface area contributed by atoms with Crippen LogP contribution in [0.25, 0.3) is 10.2 Å². The van der Waals surface area contributed by atoms with E-state index in [1.165, 1.54) is 10.4 Å². The molecule has 0 bridgehead atoms. The van der Waals surface area contributed by atoms with Crippen molar-refractivity contribution in [3.05, 3.63) is 34.5 Å². The fraction of sp³-hybridized carbons (Fsp3) is 0.357. The summed E-state index contributed by atoms with van der Waals surface area (Å²) in [5, 5.41) is 0.998. The molecule has 0 aromatic carbocycles. The number of anilines is 1. The lowest BCUT2D eigenvalue weighted by atomic mass is 10.2. The average Bonchev–Trinajstić information content (AvgIpc) is 2.95. The first-order chi connectivity index (χ1) is 9.60. The Hall–Kier alpha value is -1.95. The molecule has 6 heteroatoms. The summed E-state index contributed by atoms with van der Waals surface area (Å²) in [5.74, 6) is 2.35. The van der Waals surface area contributed by atoms with Crippen molar-refractivity contribution in [3.8, 4) is 0 Å². The van der Waals surface area contributed by atoms with E-state index in [0.29, 0.717) is 12.4 Å². The van der Waals surface area contributed by atoms with Crippen LogP contribution in [0.1, 0.15) is 29.0 Å². The molecule has 3 aromatic rings. The lowest BCUT2D eigenvalue weighted by Gasteiger charge is -2.06. The zero-order valence-electron chi connectivity index (χ0n) is 11.8. The Morgan fingerprint density at radius 1 is 1.30 bits per heavy atom. The number of hydrogen-bond acceptors (Lipinski definition) is 5. The fourth-order valence-corrected chi connectivity index (χ4v) is 3.40. The Bertz CT molecular complexity index is 771. The summed E-state index contributed by atoms with van der Waals surface area (Å²) in [6, 6.07) is 0. The molecule has 5 nitrogen and oxygen atoms in total. The second-order valence-electron chi connectivity index (χ2n) is 4.81. The molecule has 2 N–H and O–H groups in total. The number of aromatic nitrogens is 4. The summed E-state index contributed by atoms with van der Waals surface area (Å²) < 4.78 is 2.06. The molecule has 0 amide bonds. The van der Waals surface area contributed by atoms with Gasteiger partial charge in [-0.25, -0.2) is 15.0 Å². The Morgan fingerprint density at radius 2 is 2.10 bits per heavy atom. The van der Waals surface area contributed by atoms with Gasteiger partial charge in [-0.3, -0.25) is 0 Å². The van der Waals surface area contributed by atoms with E-state index in [-0.39, 0.29) is 0 Å². The van der Waals surface area contributed by atoms with Crippen LogP contribution in [0.2, 0.25) is 0 Å². The lowest BCUT2D eigenvalue weighted by molar-refractivity contribution is 0.701. The number of nitrogens with two attached hydrogens (primary N) is 1. The molecule has 0 saturated heterocycles. The first-order valence-corrected chi connectivity index (χ1v) is 7.44. The summed E-state index contributed by atoms with van der Waals surface area (Å²) in [7, 11) is 0. The van der Waals surface area contributed by atoms with Crippen LogP contribution in [0.15, 0.2) is 12.4 Å². The lowest BCUT2D eigenvalue weighted by Crippen LogP contribution is -2.08. The van der Waals surface area contributed by atoms with Gasteiger partial charge in [-0.2, -0.15) is 0 Å². The maximum atomic E-state index is 6.10. The van der Waals surface area contributed by atoms with Crippen LogP contribution in [0.3, 0.4) is 0 Å². The quantitative estimate of drug-likeness (QED) is 0.804. The van der Waals surface area contributed by atoms with Gasteiger partial charge < -0.3 is 10.3 Å². The standard InChI is InChI=1S/C14H17N5S/c1-4-11-16-5-6-19(11)7-10-17-13(15)12-8(2)9(3)20-14(12)18-10/h5-6H,4,7H2,1-3H3,(H2,15,17,18). The highest BCUT2D eigenvalue weighted by molar-refractivity contribution is 7.18. The topological polar surface area (TPSA) is 69.6 Å². The fourth-order valence-electron chi connectivity index (χ4n) is 2.35. The van der Waals surface area contributed by atoms with Crippen LogP contribution in [0, 0.1) is 13.8 Å². The largest absolute Gasteiger partial charge is 0.383 e. The van der Waals surface area contributed by atoms with E-state index in [9.17, 15) is 0 Å². The number of imidazole rings is 1. The predicted octanol–water partition coefficient (Wildman–Crippen LogP) is 2.70. The third kappa shape index (κ3) is 2.06. The number of nitrogens with zero attached hydrogens (tertiary/aromatic N) is 4. The van der Waals surface area contributed by atoms with E-state index < -0.39 is 0 Å². The number of fused-ring (bicyclic) bond motifs is 1. The second-order valence-corrected chi connectivity index (χ2v) is 6.02. The molecule has 0 aliphatic heterocycles. The molecule has 0 fully saturated rings. The summed E-state index contributed by atoms with van der Waals surface area (Å²) >= 11 is 1.67. The Kier molecular flexibility index (Phi) is 3.17. The van der Waals surface area contributed by atoms with Crippen molar-refractivity contribution in [2.24, 2.45) is 0 Å². The third-order valence-corrected chi connectivity index (χ3v) is 4.63. The summed E-state index contributed by atoms with van der Waals surface area (Å²) in [5.41, 5.74) is 7.29. The summed E-state index contributed by atoms with van der Waals surface area (Å²) in [6.45, 7) is 6.85. The van der Waals surface area contributed by atoms with E-state index in [1.54, 1.807) is 17.5 Å². The molecular formula is C14H17N5S. The van der Waals surface area contributed by atoms with Crippen molar-refractivity contribution < 1.29 is 0 Å². The van der Waals surface area contributed by atoms with Crippen LogP contribution in [-0.2, 0) is 13.0 Å².